The third kappa shape index (κ3) is 16.6. The predicted molar refractivity (Wildman–Crippen MR) is 104 cm³/mol. The van der Waals surface area contributed by atoms with Gasteiger partial charge in [0.25, 0.3) is 0 Å². The monoisotopic (exact) mass is 358 g/mol. The van der Waals surface area contributed by atoms with Gasteiger partial charge in [0.05, 0.1) is 20.3 Å². The van der Waals surface area contributed by atoms with Gasteiger partial charge in [-0.3, -0.25) is 0 Å². The first-order valence-corrected chi connectivity index (χ1v) is 10.6. The zero-order valence-electron chi connectivity index (χ0n) is 16.8. The summed E-state index contributed by atoms with van der Waals surface area (Å²) in [5.74, 6) is -0.330. The molecule has 4 heteroatoms. The van der Waals surface area contributed by atoms with Crippen molar-refractivity contribution in [2.45, 2.75) is 109 Å². The molecule has 0 bridgehead atoms. The molecular weight excluding hydrogens is 316 g/mol. The van der Waals surface area contributed by atoms with Gasteiger partial charge in [-0.25, -0.2) is 4.79 Å². The summed E-state index contributed by atoms with van der Waals surface area (Å²) in [6, 6.07) is 0. The van der Waals surface area contributed by atoms with Gasteiger partial charge < -0.3 is 14.6 Å². The molecule has 25 heavy (non-hydrogen) atoms. The van der Waals surface area contributed by atoms with Crippen LogP contribution in [0.2, 0.25) is 0 Å². The van der Waals surface area contributed by atoms with E-state index in [1.165, 1.54) is 84.2 Å². The van der Waals surface area contributed by atoms with Crippen LogP contribution in [0, 0.1) is 0 Å². The number of ether oxygens (including phenoxy) is 2. The van der Waals surface area contributed by atoms with E-state index < -0.39 is 6.10 Å². The van der Waals surface area contributed by atoms with Crippen molar-refractivity contribution in [3.05, 3.63) is 0 Å². The van der Waals surface area contributed by atoms with Crippen LogP contribution in [0.1, 0.15) is 103 Å². The average molecular weight is 359 g/mol. The van der Waals surface area contributed by atoms with Crippen molar-refractivity contribution < 1.29 is 19.4 Å². The SMILES string of the molecule is CCCCCCCCCCCCCCCCC(OCCO)C(=O)OC. The minimum absolute atomic E-state index is 0.0633. The van der Waals surface area contributed by atoms with Crippen LogP contribution in [0.15, 0.2) is 0 Å². The Morgan fingerprint density at radius 3 is 1.64 bits per heavy atom. The fourth-order valence-electron chi connectivity index (χ4n) is 3.12. The molecule has 0 aromatic carbocycles. The number of hydrogen-bond donors (Lipinski definition) is 1. The molecule has 0 saturated heterocycles. The van der Waals surface area contributed by atoms with E-state index in [-0.39, 0.29) is 19.2 Å². The molecule has 0 aliphatic carbocycles. The Morgan fingerprint density at radius 2 is 1.24 bits per heavy atom. The molecule has 0 fully saturated rings. The second-order valence-corrected chi connectivity index (χ2v) is 6.99. The first-order chi connectivity index (χ1) is 12.3. The van der Waals surface area contributed by atoms with Crippen molar-refractivity contribution in [3.8, 4) is 0 Å². The Balaban J connectivity index is 3.35. The zero-order chi connectivity index (χ0) is 18.6. The van der Waals surface area contributed by atoms with Crippen molar-refractivity contribution in [3.63, 3.8) is 0 Å². The molecule has 0 amide bonds. The topological polar surface area (TPSA) is 55.8 Å². The van der Waals surface area contributed by atoms with Gasteiger partial charge in [-0.15, -0.1) is 0 Å². The lowest BCUT2D eigenvalue weighted by Gasteiger charge is -2.14. The van der Waals surface area contributed by atoms with E-state index in [9.17, 15) is 4.79 Å². The smallest absolute Gasteiger partial charge is 0.334 e. The highest BCUT2D eigenvalue weighted by Gasteiger charge is 2.18. The summed E-state index contributed by atoms with van der Waals surface area (Å²) in [5.41, 5.74) is 0. The van der Waals surface area contributed by atoms with Crippen molar-refractivity contribution in [1.82, 2.24) is 0 Å². The van der Waals surface area contributed by atoms with Crippen LogP contribution in [0.3, 0.4) is 0 Å². The maximum Gasteiger partial charge on any atom is 0.334 e. The Labute approximate surface area is 155 Å². The molecule has 4 nitrogen and oxygen atoms in total. The Hall–Kier alpha value is -0.610. The predicted octanol–water partition coefficient (Wildman–Crippen LogP) is 5.41. The Kier molecular flexibility index (Phi) is 19.2. The summed E-state index contributed by atoms with van der Waals surface area (Å²) in [6.07, 6.45) is 18.6. The lowest BCUT2D eigenvalue weighted by molar-refractivity contribution is -0.155. The van der Waals surface area contributed by atoms with E-state index in [0.29, 0.717) is 6.42 Å². The third-order valence-corrected chi connectivity index (χ3v) is 4.69. The molecule has 150 valence electrons. The summed E-state index contributed by atoms with van der Waals surface area (Å²) >= 11 is 0. The lowest BCUT2D eigenvalue weighted by atomic mass is 10.0. The molecule has 0 rings (SSSR count). The lowest BCUT2D eigenvalue weighted by Crippen LogP contribution is -2.26. The van der Waals surface area contributed by atoms with Gasteiger partial charge >= 0.3 is 5.97 Å². The van der Waals surface area contributed by atoms with Crippen LogP contribution in [-0.4, -0.2) is 37.5 Å². The number of methoxy groups -OCH3 is 1. The molecule has 0 aliphatic heterocycles. The molecule has 0 aromatic rings. The van der Waals surface area contributed by atoms with Gasteiger partial charge in [0.1, 0.15) is 0 Å². The molecule has 0 aromatic heterocycles. The van der Waals surface area contributed by atoms with Crippen molar-refractivity contribution in [2.75, 3.05) is 20.3 Å². The summed E-state index contributed by atoms with van der Waals surface area (Å²) in [6.45, 7) is 2.40. The van der Waals surface area contributed by atoms with Crippen LogP contribution in [0.4, 0.5) is 0 Å². The quantitative estimate of drug-likeness (QED) is 0.248. The number of unbranched alkanes of at least 4 members (excludes halogenated alkanes) is 13. The second-order valence-electron chi connectivity index (χ2n) is 6.99. The van der Waals surface area contributed by atoms with Crippen molar-refractivity contribution in [2.24, 2.45) is 0 Å². The van der Waals surface area contributed by atoms with E-state index in [0.717, 1.165) is 12.8 Å². The first-order valence-electron chi connectivity index (χ1n) is 10.6. The molecular formula is C21H42O4. The molecule has 0 heterocycles. The Morgan fingerprint density at radius 1 is 0.800 bits per heavy atom. The number of aliphatic hydroxyl groups is 1. The van der Waals surface area contributed by atoms with E-state index in [1.807, 2.05) is 0 Å². The van der Waals surface area contributed by atoms with Crippen LogP contribution < -0.4 is 0 Å². The van der Waals surface area contributed by atoms with Gasteiger partial charge in [0.15, 0.2) is 6.10 Å². The van der Waals surface area contributed by atoms with E-state index in [2.05, 4.69) is 6.92 Å². The largest absolute Gasteiger partial charge is 0.467 e. The third-order valence-electron chi connectivity index (χ3n) is 4.69. The summed E-state index contributed by atoms with van der Waals surface area (Å²) in [4.78, 5) is 11.6. The van der Waals surface area contributed by atoms with Gasteiger partial charge in [-0.2, -0.15) is 0 Å². The molecule has 1 atom stereocenters. The van der Waals surface area contributed by atoms with Crippen LogP contribution >= 0.6 is 0 Å². The van der Waals surface area contributed by atoms with Crippen molar-refractivity contribution >= 4 is 5.97 Å². The average Bonchev–Trinajstić information content (AvgIpc) is 2.63. The van der Waals surface area contributed by atoms with E-state index >= 15 is 0 Å². The molecule has 1 N–H and O–H groups in total. The minimum atomic E-state index is -0.519. The minimum Gasteiger partial charge on any atom is -0.467 e. The molecule has 0 saturated carbocycles. The number of carbonyl (C=O) groups is 1. The number of hydrogen-bond acceptors (Lipinski definition) is 4. The van der Waals surface area contributed by atoms with Gasteiger partial charge in [-0.1, -0.05) is 96.8 Å². The van der Waals surface area contributed by atoms with Gasteiger partial charge in [0, 0.05) is 0 Å². The van der Waals surface area contributed by atoms with Crippen LogP contribution in [-0.2, 0) is 14.3 Å². The highest BCUT2D eigenvalue weighted by Crippen LogP contribution is 2.14. The molecule has 0 spiro atoms. The second kappa shape index (κ2) is 19.7. The van der Waals surface area contributed by atoms with E-state index in [4.69, 9.17) is 14.6 Å². The summed E-state index contributed by atoms with van der Waals surface area (Å²) in [7, 11) is 1.38. The summed E-state index contributed by atoms with van der Waals surface area (Å²) in [5, 5.41) is 8.79. The first kappa shape index (κ1) is 24.4. The fourth-order valence-corrected chi connectivity index (χ4v) is 3.12. The molecule has 0 radical (unpaired) electrons. The fraction of sp³-hybridized carbons (Fsp3) is 0.952. The van der Waals surface area contributed by atoms with Gasteiger partial charge in [-0.05, 0) is 6.42 Å². The molecule has 0 aliphatic rings. The number of carbonyl (C=O) groups excluding carboxylic acids is 1. The zero-order valence-corrected chi connectivity index (χ0v) is 16.8. The summed E-state index contributed by atoms with van der Waals surface area (Å²) < 4.78 is 10.1. The van der Waals surface area contributed by atoms with E-state index in [1.54, 1.807) is 0 Å². The maximum absolute atomic E-state index is 11.6. The normalized spacial score (nSPS) is 12.3. The number of rotatable bonds is 19. The van der Waals surface area contributed by atoms with Crippen LogP contribution in [0.25, 0.3) is 0 Å². The maximum atomic E-state index is 11.6. The highest BCUT2D eigenvalue weighted by molar-refractivity contribution is 5.74. The Bertz CT molecular complexity index is 281. The standard InChI is InChI=1S/C21H42O4/c1-3-4-5-6-7-8-9-10-11-12-13-14-15-16-17-20(21(23)24-2)25-19-18-22/h20,22H,3-19H2,1-2H3. The highest BCUT2D eigenvalue weighted by atomic mass is 16.6. The van der Waals surface area contributed by atoms with Crippen molar-refractivity contribution in [1.29, 1.82) is 0 Å². The van der Waals surface area contributed by atoms with Gasteiger partial charge in [0.2, 0.25) is 0 Å². The number of esters is 1. The number of aliphatic hydroxyl groups excluding tert-OH is 1. The van der Waals surface area contributed by atoms with Crippen LogP contribution in [0.5, 0.6) is 0 Å². The molecule has 1 unspecified atom stereocenters.